The van der Waals surface area contributed by atoms with Gasteiger partial charge in [-0.1, -0.05) is 19.1 Å². The van der Waals surface area contributed by atoms with Crippen molar-refractivity contribution in [3.63, 3.8) is 0 Å². The van der Waals surface area contributed by atoms with Gasteiger partial charge in [0, 0.05) is 19.0 Å². The zero-order valence-electron chi connectivity index (χ0n) is 16.1. The number of amidine groups is 2. The second-order valence-corrected chi connectivity index (χ2v) is 8.78. The molecule has 1 aromatic carbocycles. The molecule has 3 rings (SSSR count). The molecule has 29 heavy (non-hydrogen) atoms. The molecule has 11 heteroatoms. The number of phenols is 1. The van der Waals surface area contributed by atoms with Gasteiger partial charge in [0.1, 0.15) is 0 Å². The van der Waals surface area contributed by atoms with Crippen LogP contribution < -0.4 is 10.0 Å². The largest absolute Gasteiger partial charge is 0.505 e. The first-order valence-electron chi connectivity index (χ1n) is 8.76. The number of nitrogens with zero attached hydrogens (tertiary/aromatic N) is 3. The van der Waals surface area contributed by atoms with E-state index in [1.165, 1.54) is 28.4 Å². The van der Waals surface area contributed by atoms with Crippen LogP contribution in [-0.2, 0) is 10.2 Å². The second kappa shape index (κ2) is 8.21. The number of hydrogen-bond acceptors (Lipinski definition) is 7. The molecule has 0 bridgehead atoms. The zero-order valence-corrected chi connectivity index (χ0v) is 17.7. The Bertz CT molecular complexity index is 1080. The van der Waals surface area contributed by atoms with Gasteiger partial charge in [-0.15, -0.1) is 15.7 Å². The number of hydrogen-bond donors (Lipinski definition) is 3. The predicted octanol–water partition coefficient (Wildman–Crippen LogP) is 2.36. The van der Waals surface area contributed by atoms with Crippen LogP contribution in [-0.4, -0.2) is 50.1 Å². The van der Waals surface area contributed by atoms with E-state index in [1.807, 2.05) is 24.4 Å². The van der Waals surface area contributed by atoms with E-state index in [9.17, 15) is 18.3 Å². The van der Waals surface area contributed by atoms with Gasteiger partial charge in [-0.25, -0.2) is 4.72 Å². The van der Waals surface area contributed by atoms with Crippen LogP contribution in [0, 0.1) is 0 Å². The molecule has 1 aliphatic rings. The first kappa shape index (κ1) is 20.8. The molecular formula is C18H21N5O4S2. The maximum absolute atomic E-state index is 12.2. The molecule has 1 aromatic heterocycles. The van der Waals surface area contributed by atoms with Gasteiger partial charge in [0.2, 0.25) is 0 Å². The molecule has 0 saturated heterocycles. The maximum Gasteiger partial charge on any atom is 0.345 e. The van der Waals surface area contributed by atoms with Crippen LogP contribution in [0.25, 0.3) is 0 Å². The van der Waals surface area contributed by atoms with Crippen LogP contribution in [0.1, 0.15) is 34.6 Å². The van der Waals surface area contributed by atoms with Crippen molar-refractivity contribution in [2.24, 2.45) is 9.39 Å². The van der Waals surface area contributed by atoms with E-state index in [0.717, 1.165) is 4.88 Å². The normalized spacial score (nSPS) is 17.5. The summed E-state index contributed by atoms with van der Waals surface area (Å²) in [5.41, 5.74) is 0.227. The number of anilines is 1. The van der Waals surface area contributed by atoms with Crippen LogP contribution in [0.5, 0.6) is 5.75 Å². The molecule has 1 amide bonds. The molecular weight excluding hydrogens is 414 g/mol. The molecule has 0 radical (unpaired) electrons. The van der Waals surface area contributed by atoms with Gasteiger partial charge in [0.25, 0.3) is 5.91 Å². The number of nitrogens with one attached hydrogen (secondary N) is 2. The van der Waals surface area contributed by atoms with E-state index in [2.05, 4.69) is 19.4 Å². The van der Waals surface area contributed by atoms with Gasteiger partial charge >= 0.3 is 10.2 Å². The third-order valence-corrected chi connectivity index (χ3v) is 5.98. The average molecular weight is 436 g/mol. The Morgan fingerprint density at radius 3 is 2.72 bits per heavy atom. The summed E-state index contributed by atoms with van der Waals surface area (Å²) in [6, 6.07) is 8.16. The number of carbonyl (C=O) groups is 1. The number of carbonyl (C=O) groups excluding carboxylic acids is 1. The summed E-state index contributed by atoms with van der Waals surface area (Å²) in [6.45, 7) is 1.95. The molecule has 0 fully saturated rings. The van der Waals surface area contributed by atoms with Crippen molar-refractivity contribution in [1.29, 1.82) is 0 Å². The number of aliphatic imine (C=N–C) groups is 1. The highest BCUT2D eigenvalue weighted by Gasteiger charge is 2.29. The highest BCUT2D eigenvalue weighted by Crippen LogP contribution is 2.30. The zero-order chi connectivity index (χ0) is 21.2. The highest BCUT2D eigenvalue weighted by molar-refractivity contribution is 7.89. The Balaban J connectivity index is 1.96. The molecule has 9 nitrogen and oxygen atoms in total. The summed E-state index contributed by atoms with van der Waals surface area (Å²) in [5.74, 6) is -0.690. The number of amides is 1. The molecule has 1 atom stereocenters. The van der Waals surface area contributed by atoms with Gasteiger partial charge in [0.15, 0.2) is 17.4 Å². The third kappa shape index (κ3) is 4.57. The smallest absolute Gasteiger partial charge is 0.345 e. The molecule has 154 valence electrons. The monoisotopic (exact) mass is 435 g/mol. The summed E-state index contributed by atoms with van der Waals surface area (Å²) < 4.78 is 30.0. The molecule has 0 aliphatic carbocycles. The summed E-state index contributed by atoms with van der Waals surface area (Å²) in [7, 11) is -0.811. The van der Waals surface area contributed by atoms with Crippen molar-refractivity contribution in [3.05, 3.63) is 46.2 Å². The number of thiophene rings is 1. The average Bonchev–Trinajstić information content (AvgIpc) is 3.28. The predicted molar refractivity (Wildman–Crippen MR) is 114 cm³/mol. The standard InChI is InChI=1S/C18H21N5O4S2/c1-4-12(14-9-6-10-28-14)19-16-17(22-29(26,27)21-16)20-13-8-5-7-11(15(13)24)18(25)23(2)3/h5-10,12,24H,4H2,1-3H3,(H,19,21)(H,20,22)/t12-/m1/s1. The van der Waals surface area contributed by atoms with E-state index in [0.29, 0.717) is 6.42 Å². The van der Waals surface area contributed by atoms with Crippen LogP contribution >= 0.6 is 11.3 Å². The Kier molecular flexibility index (Phi) is 5.89. The van der Waals surface area contributed by atoms with E-state index < -0.39 is 10.2 Å². The fourth-order valence-corrected chi connectivity index (χ4v) is 4.36. The van der Waals surface area contributed by atoms with Gasteiger partial charge in [-0.05, 0) is 30.0 Å². The Morgan fingerprint density at radius 1 is 1.34 bits per heavy atom. The van der Waals surface area contributed by atoms with E-state index in [-0.39, 0.29) is 40.6 Å². The minimum absolute atomic E-state index is 0.0500. The first-order valence-corrected chi connectivity index (χ1v) is 11.1. The van der Waals surface area contributed by atoms with Crippen LogP contribution in [0.15, 0.2) is 45.1 Å². The Morgan fingerprint density at radius 2 is 2.10 bits per heavy atom. The fraction of sp³-hybridized carbons (Fsp3) is 0.278. The highest BCUT2D eigenvalue weighted by atomic mass is 32.2. The number of para-hydroxylation sites is 1. The lowest BCUT2D eigenvalue weighted by atomic mass is 10.1. The minimum Gasteiger partial charge on any atom is -0.505 e. The van der Waals surface area contributed by atoms with Crippen molar-refractivity contribution in [2.75, 3.05) is 19.4 Å². The minimum atomic E-state index is -3.95. The lowest BCUT2D eigenvalue weighted by Crippen LogP contribution is -2.31. The summed E-state index contributed by atoms with van der Waals surface area (Å²) in [4.78, 5) is 19.1. The van der Waals surface area contributed by atoms with Crippen molar-refractivity contribution < 1.29 is 18.3 Å². The van der Waals surface area contributed by atoms with Crippen molar-refractivity contribution in [2.45, 2.75) is 19.4 Å². The number of benzene rings is 1. The van der Waals surface area contributed by atoms with Gasteiger partial charge in [0.05, 0.1) is 17.3 Å². The van der Waals surface area contributed by atoms with E-state index in [4.69, 9.17) is 0 Å². The van der Waals surface area contributed by atoms with Crippen molar-refractivity contribution >= 4 is 44.8 Å². The first-order chi connectivity index (χ1) is 13.7. The van der Waals surface area contributed by atoms with Crippen LogP contribution in [0.3, 0.4) is 0 Å². The van der Waals surface area contributed by atoms with E-state index in [1.54, 1.807) is 20.2 Å². The third-order valence-electron chi connectivity index (χ3n) is 4.13. The van der Waals surface area contributed by atoms with E-state index >= 15 is 0 Å². The Labute approximate surface area is 173 Å². The SMILES string of the molecule is CC[C@@H](N=C1NS(=O)(=O)N=C1Nc1cccc(C(=O)N(C)C)c1O)c1cccs1. The second-order valence-electron chi connectivity index (χ2n) is 6.46. The van der Waals surface area contributed by atoms with Gasteiger partial charge in [-0.2, -0.15) is 8.42 Å². The molecule has 0 spiro atoms. The van der Waals surface area contributed by atoms with Crippen molar-refractivity contribution in [1.82, 2.24) is 9.62 Å². The molecule has 2 aromatic rings. The van der Waals surface area contributed by atoms with Gasteiger partial charge < -0.3 is 15.3 Å². The quantitative estimate of drug-likeness (QED) is 0.622. The summed E-state index contributed by atoms with van der Waals surface area (Å²) in [5, 5.41) is 15.2. The summed E-state index contributed by atoms with van der Waals surface area (Å²) >= 11 is 1.53. The molecule has 2 heterocycles. The fourth-order valence-electron chi connectivity index (χ4n) is 2.70. The van der Waals surface area contributed by atoms with Crippen molar-refractivity contribution in [3.8, 4) is 5.75 Å². The number of rotatable bonds is 5. The lowest BCUT2D eigenvalue weighted by Gasteiger charge is -2.15. The molecule has 3 N–H and O–H groups in total. The van der Waals surface area contributed by atoms with Crippen LogP contribution in [0.2, 0.25) is 0 Å². The lowest BCUT2D eigenvalue weighted by molar-refractivity contribution is 0.0824. The number of aromatic hydroxyl groups is 1. The summed E-state index contributed by atoms with van der Waals surface area (Å²) in [6.07, 6.45) is 0.664. The topological polar surface area (TPSA) is 123 Å². The molecule has 0 unspecified atom stereocenters. The Hall–Kier alpha value is -2.92. The van der Waals surface area contributed by atoms with Gasteiger partial charge in [-0.3, -0.25) is 9.79 Å². The molecule has 1 aliphatic heterocycles. The molecule has 0 saturated carbocycles. The van der Waals surface area contributed by atoms with Crippen LogP contribution in [0.4, 0.5) is 5.69 Å². The maximum atomic E-state index is 12.2. The number of phenolic OH excluding ortho intramolecular Hbond substituents is 1.